The fraction of sp³-hybridized carbons (Fsp3) is 0. The predicted molar refractivity (Wildman–Crippen MR) is 73.1 cm³/mol. The zero-order chi connectivity index (χ0) is 15.6. The van der Waals surface area contributed by atoms with Crippen LogP contribution in [-0.4, -0.2) is 19.3 Å². The Morgan fingerprint density at radius 1 is 1.29 bits per heavy atom. The molecule has 0 saturated heterocycles. The molecule has 0 radical (unpaired) electrons. The number of pyridine rings is 1. The van der Waals surface area contributed by atoms with Crippen LogP contribution in [0.3, 0.4) is 0 Å². The van der Waals surface area contributed by atoms with Gasteiger partial charge in [0.1, 0.15) is 15.7 Å². The van der Waals surface area contributed by atoms with Crippen molar-refractivity contribution in [2.24, 2.45) is 0 Å². The van der Waals surface area contributed by atoms with Gasteiger partial charge in [-0.1, -0.05) is 23.7 Å². The molecular weight excluding hydrogens is 323 g/mol. The standard InChI is InChI=1S/C12H8ClFN2O4S/c13-8-5-7(6-15-12(8)18)11(17)16-21(19,20)10-4-2-1-3-9(10)14/h1-6H,(H,15,18)(H,16,17). The Morgan fingerprint density at radius 3 is 2.57 bits per heavy atom. The Balaban J connectivity index is 2.32. The van der Waals surface area contributed by atoms with E-state index in [0.29, 0.717) is 0 Å². The van der Waals surface area contributed by atoms with E-state index in [0.717, 1.165) is 24.4 Å². The van der Waals surface area contributed by atoms with Gasteiger partial charge in [-0.05, 0) is 18.2 Å². The van der Waals surface area contributed by atoms with Gasteiger partial charge in [-0.3, -0.25) is 9.59 Å². The van der Waals surface area contributed by atoms with Crippen LogP contribution in [-0.2, 0) is 10.0 Å². The number of benzene rings is 1. The number of carbonyl (C=O) groups excluding carboxylic acids is 1. The van der Waals surface area contributed by atoms with Gasteiger partial charge in [0.25, 0.3) is 21.5 Å². The summed E-state index contributed by atoms with van der Waals surface area (Å²) < 4.78 is 39.0. The summed E-state index contributed by atoms with van der Waals surface area (Å²) >= 11 is 5.54. The lowest BCUT2D eigenvalue weighted by Gasteiger charge is -2.07. The van der Waals surface area contributed by atoms with E-state index in [1.54, 1.807) is 4.72 Å². The first-order valence-electron chi connectivity index (χ1n) is 5.51. The van der Waals surface area contributed by atoms with Gasteiger partial charge >= 0.3 is 0 Å². The minimum atomic E-state index is -4.37. The fourth-order valence-electron chi connectivity index (χ4n) is 1.49. The topological polar surface area (TPSA) is 96.1 Å². The van der Waals surface area contributed by atoms with Crippen molar-refractivity contribution < 1.29 is 17.6 Å². The highest BCUT2D eigenvalue weighted by atomic mass is 35.5. The van der Waals surface area contributed by atoms with E-state index in [2.05, 4.69) is 4.98 Å². The maximum absolute atomic E-state index is 13.5. The molecule has 2 N–H and O–H groups in total. The number of aromatic amines is 1. The molecule has 1 aromatic carbocycles. The second-order valence-corrected chi connectivity index (χ2v) is 5.99. The van der Waals surface area contributed by atoms with Crippen LogP contribution in [0.25, 0.3) is 0 Å². The molecule has 0 aliphatic carbocycles. The summed E-state index contributed by atoms with van der Waals surface area (Å²) in [6.45, 7) is 0. The molecule has 21 heavy (non-hydrogen) atoms. The van der Waals surface area contributed by atoms with Crippen LogP contribution in [0.2, 0.25) is 5.02 Å². The summed E-state index contributed by atoms with van der Waals surface area (Å²) in [6.07, 6.45) is 1.00. The number of aromatic nitrogens is 1. The van der Waals surface area contributed by atoms with Crippen molar-refractivity contribution in [3.63, 3.8) is 0 Å². The molecular formula is C12H8ClFN2O4S. The summed E-state index contributed by atoms with van der Waals surface area (Å²) in [4.78, 5) is 24.4. The highest BCUT2D eigenvalue weighted by molar-refractivity contribution is 7.90. The van der Waals surface area contributed by atoms with E-state index in [4.69, 9.17) is 11.6 Å². The third-order valence-corrected chi connectivity index (χ3v) is 4.12. The number of H-pyrrole nitrogens is 1. The predicted octanol–water partition coefficient (Wildman–Crippen LogP) is 1.29. The third-order valence-electron chi connectivity index (χ3n) is 2.47. The van der Waals surface area contributed by atoms with Crippen LogP contribution >= 0.6 is 11.6 Å². The SMILES string of the molecule is O=C(NS(=O)(=O)c1ccccc1F)c1c[nH]c(=O)c(Cl)c1. The molecule has 110 valence electrons. The molecule has 9 heteroatoms. The summed E-state index contributed by atoms with van der Waals surface area (Å²) in [6, 6.07) is 5.62. The molecule has 0 aliphatic rings. The van der Waals surface area contributed by atoms with Crippen molar-refractivity contribution in [1.29, 1.82) is 0 Å². The maximum atomic E-state index is 13.5. The van der Waals surface area contributed by atoms with Gasteiger partial charge in [0.15, 0.2) is 0 Å². The first kappa shape index (κ1) is 15.2. The first-order valence-corrected chi connectivity index (χ1v) is 7.37. The summed E-state index contributed by atoms with van der Waals surface area (Å²) in [5.41, 5.74) is -0.801. The Morgan fingerprint density at radius 2 is 1.95 bits per heavy atom. The molecule has 0 bridgehead atoms. The van der Waals surface area contributed by atoms with Gasteiger partial charge in [-0.2, -0.15) is 0 Å². The molecule has 0 saturated carbocycles. The van der Waals surface area contributed by atoms with E-state index in [9.17, 15) is 22.4 Å². The van der Waals surface area contributed by atoms with Crippen LogP contribution in [0.15, 0.2) is 46.2 Å². The van der Waals surface area contributed by atoms with Gasteiger partial charge in [0.05, 0.1) is 5.56 Å². The Labute approximate surface area is 123 Å². The van der Waals surface area contributed by atoms with Crippen molar-refractivity contribution >= 4 is 27.5 Å². The highest BCUT2D eigenvalue weighted by Gasteiger charge is 2.22. The van der Waals surface area contributed by atoms with Crippen LogP contribution in [0.5, 0.6) is 0 Å². The smallest absolute Gasteiger partial charge is 0.267 e. The van der Waals surface area contributed by atoms with Crippen LogP contribution < -0.4 is 10.3 Å². The van der Waals surface area contributed by atoms with Gasteiger partial charge in [0, 0.05) is 6.20 Å². The van der Waals surface area contributed by atoms with E-state index in [1.165, 1.54) is 12.1 Å². The maximum Gasteiger partial charge on any atom is 0.267 e. The quantitative estimate of drug-likeness (QED) is 0.886. The molecule has 0 aliphatic heterocycles. The molecule has 0 unspecified atom stereocenters. The number of carbonyl (C=O) groups is 1. The Bertz CT molecular complexity index is 864. The van der Waals surface area contributed by atoms with E-state index in [-0.39, 0.29) is 10.6 Å². The van der Waals surface area contributed by atoms with Gasteiger partial charge in [-0.25, -0.2) is 17.5 Å². The number of rotatable bonds is 3. The van der Waals surface area contributed by atoms with Crippen LogP contribution in [0.4, 0.5) is 4.39 Å². The Hall–Kier alpha value is -2.19. The Kier molecular flexibility index (Phi) is 4.10. The number of sulfonamides is 1. The number of hydrogen-bond donors (Lipinski definition) is 2. The van der Waals surface area contributed by atoms with Crippen LogP contribution in [0.1, 0.15) is 10.4 Å². The molecule has 0 atom stereocenters. The van der Waals surface area contributed by atoms with Crippen molar-refractivity contribution in [3.05, 3.63) is 63.3 Å². The molecule has 0 fully saturated rings. The van der Waals surface area contributed by atoms with Crippen molar-refractivity contribution in [1.82, 2.24) is 9.71 Å². The van der Waals surface area contributed by atoms with Crippen molar-refractivity contribution in [2.75, 3.05) is 0 Å². The molecule has 0 spiro atoms. The second kappa shape index (κ2) is 5.66. The van der Waals surface area contributed by atoms with Gasteiger partial charge in [-0.15, -0.1) is 0 Å². The van der Waals surface area contributed by atoms with Crippen LogP contribution in [0, 0.1) is 5.82 Å². The lowest BCUT2D eigenvalue weighted by Crippen LogP contribution is -2.31. The second-order valence-electron chi connectivity index (χ2n) is 3.93. The molecule has 1 heterocycles. The molecule has 6 nitrogen and oxygen atoms in total. The average Bonchev–Trinajstić information content (AvgIpc) is 2.41. The van der Waals surface area contributed by atoms with Crippen molar-refractivity contribution in [2.45, 2.75) is 4.90 Å². The third kappa shape index (κ3) is 3.29. The summed E-state index contributed by atoms with van der Waals surface area (Å²) in [5.74, 6) is -2.03. The summed E-state index contributed by atoms with van der Waals surface area (Å²) in [7, 11) is -4.37. The highest BCUT2D eigenvalue weighted by Crippen LogP contribution is 2.14. The zero-order valence-corrected chi connectivity index (χ0v) is 11.8. The molecule has 2 aromatic rings. The normalized spacial score (nSPS) is 11.1. The van der Waals surface area contributed by atoms with E-state index in [1.807, 2.05) is 0 Å². The average molecular weight is 331 g/mol. The minimum Gasteiger partial charge on any atom is -0.327 e. The number of amides is 1. The number of hydrogen-bond acceptors (Lipinski definition) is 4. The zero-order valence-electron chi connectivity index (χ0n) is 10.3. The van der Waals surface area contributed by atoms with Crippen molar-refractivity contribution in [3.8, 4) is 0 Å². The minimum absolute atomic E-state index is 0.181. The van der Waals surface area contributed by atoms with E-state index >= 15 is 0 Å². The number of halogens is 2. The fourth-order valence-corrected chi connectivity index (χ4v) is 2.71. The monoisotopic (exact) mass is 330 g/mol. The largest absolute Gasteiger partial charge is 0.327 e. The first-order chi connectivity index (χ1) is 9.81. The lowest BCUT2D eigenvalue weighted by molar-refractivity contribution is 0.0981. The lowest BCUT2D eigenvalue weighted by atomic mass is 10.3. The van der Waals surface area contributed by atoms with Gasteiger partial charge in [0.2, 0.25) is 0 Å². The molecule has 1 aromatic heterocycles. The van der Waals surface area contributed by atoms with Gasteiger partial charge < -0.3 is 4.98 Å². The summed E-state index contributed by atoms with van der Waals surface area (Å²) in [5, 5.41) is -0.272. The molecule has 1 amide bonds. The van der Waals surface area contributed by atoms with E-state index < -0.39 is 32.2 Å². The molecule has 2 rings (SSSR count). The number of nitrogens with one attached hydrogen (secondary N) is 2.